The molecule has 0 saturated heterocycles. The molecule has 0 spiro atoms. The van der Waals surface area contributed by atoms with Gasteiger partial charge in [0.2, 0.25) is 0 Å². The molecule has 0 N–H and O–H groups in total. The van der Waals surface area contributed by atoms with Crippen molar-refractivity contribution in [3.63, 3.8) is 0 Å². The third-order valence-electron chi connectivity index (χ3n) is 3.35. The Morgan fingerprint density at radius 2 is 1.56 bits per heavy atom. The van der Waals surface area contributed by atoms with Crippen LogP contribution in [0.4, 0.5) is 0 Å². The van der Waals surface area contributed by atoms with Crippen LogP contribution in [0.3, 0.4) is 0 Å². The lowest BCUT2D eigenvalue weighted by atomic mass is 10.1. The van der Waals surface area contributed by atoms with Crippen molar-refractivity contribution in [3.8, 4) is 0 Å². The van der Waals surface area contributed by atoms with Crippen LogP contribution in [0.15, 0.2) is 24.3 Å². The second-order valence-electron chi connectivity index (χ2n) is 3.97. The summed E-state index contributed by atoms with van der Waals surface area (Å²) in [5, 5.41) is 0. The van der Waals surface area contributed by atoms with Gasteiger partial charge in [-0.25, -0.2) is 0 Å². The van der Waals surface area contributed by atoms with Gasteiger partial charge in [0.05, 0.1) is 0 Å². The molecule has 104 valence electrons. The average Bonchev–Trinajstić information content (AvgIpc) is 2.89. The van der Waals surface area contributed by atoms with Crippen molar-refractivity contribution in [1.82, 2.24) is 4.90 Å². The van der Waals surface area contributed by atoms with E-state index < -0.39 is 0 Å². The minimum Gasteiger partial charge on any atom is -0.297 e. The Morgan fingerprint density at radius 3 is 2.11 bits per heavy atom. The molecule has 0 bridgehead atoms. The Labute approximate surface area is 114 Å². The highest BCUT2D eigenvalue weighted by Gasteiger charge is 2.25. The highest BCUT2D eigenvalue weighted by Crippen LogP contribution is 2.34. The molecule has 0 amide bonds. The predicted molar refractivity (Wildman–Crippen MR) is 83.1 cm³/mol. The molecule has 1 aromatic carbocycles. The zero-order chi connectivity index (χ0) is 14.0. The van der Waals surface area contributed by atoms with E-state index >= 15 is 0 Å². The molecule has 0 heterocycles. The highest BCUT2D eigenvalue weighted by molar-refractivity contribution is 5.34. The number of hydrogen-bond acceptors (Lipinski definition) is 1. The maximum Gasteiger partial charge on any atom is 0.0353 e. The number of nitrogens with zero attached hydrogens (tertiary/aromatic N) is 1. The van der Waals surface area contributed by atoms with Crippen molar-refractivity contribution >= 4 is 0 Å². The lowest BCUT2D eigenvalue weighted by Crippen LogP contribution is -2.26. The maximum atomic E-state index is 2.56. The normalized spacial score (nSPS) is 16.3. The van der Waals surface area contributed by atoms with Crippen molar-refractivity contribution in [2.24, 2.45) is 0 Å². The van der Waals surface area contributed by atoms with Gasteiger partial charge in [-0.3, -0.25) is 4.90 Å². The third kappa shape index (κ3) is 4.13. The number of hydrogen-bond donors (Lipinski definition) is 0. The summed E-state index contributed by atoms with van der Waals surface area (Å²) in [4.78, 5) is 2.56. The van der Waals surface area contributed by atoms with Crippen LogP contribution in [0.25, 0.3) is 0 Å². The molecule has 1 unspecified atom stereocenters. The van der Waals surface area contributed by atoms with Crippen LogP contribution >= 0.6 is 0 Å². The van der Waals surface area contributed by atoms with E-state index in [-0.39, 0.29) is 0 Å². The first-order valence-corrected chi connectivity index (χ1v) is 7.68. The number of aryl methyl sites for hydroxylation is 1. The van der Waals surface area contributed by atoms with E-state index in [4.69, 9.17) is 0 Å². The molecule has 0 aliphatic heterocycles. The molecule has 0 radical (unpaired) electrons. The monoisotopic (exact) mass is 249 g/mol. The van der Waals surface area contributed by atoms with Crippen molar-refractivity contribution < 1.29 is 0 Å². The van der Waals surface area contributed by atoms with Gasteiger partial charge in [0.25, 0.3) is 0 Å². The first-order valence-electron chi connectivity index (χ1n) is 7.68. The summed E-state index contributed by atoms with van der Waals surface area (Å²) in [7, 11) is 0. The van der Waals surface area contributed by atoms with Crippen molar-refractivity contribution in [3.05, 3.63) is 35.4 Å². The maximum absolute atomic E-state index is 2.56. The molecule has 0 fully saturated rings. The second-order valence-corrected chi connectivity index (χ2v) is 3.97. The zero-order valence-corrected chi connectivity index (χ0v) is 13.2. The molecular formula is C17H31N. The smallest absolute Gasteiger partial charge is 0.0353 e. The fourth-order valence-corrected chi connectivity index (χ4v) is 2.58. The van der Waals surface area contributed by atoms with Crippen LogP contribution in [0.2, 0.25) is 0 Å². The molecule has 0 aromatic heterocycles. The molecule has 1 aromatic rings. The predicted octanol–water partition coefficient (Wildman–Crippen LogP) is 5.07. The van der Waals surface area contributed by atoms with Crippen LogP contribution in [0.5, 0.6) is 0 Å². The quantitative estimate of drug-likeness (QED) is 0.723. The van der Waals surface area contributed by atoms with Gasteiger partial charge in [0.1, 0.15) is 0 Å². The molecule has 1 aliphatic carbocycles. The Bertz CT molecular complexity index is 302. The van der Waals surface area contributed by atoms with E-state index in [1.54, 1.807) is 11.1 Å². The van der Waals surface area contributed by atoms with Crippen molar-refractivity contribution in [2.45, 2.75) is 60.4 Å². The molecule has 1 nitrogen and oxygen atoms in total. The van der Waals surface area contributed by atoms with Crippen LogP contribution in [0, 0.1) is 0 Å². The summed E-state index contributed by atoms with van der Waals surface area (Å²) in [5.41, 5.74) is 3.13. The number of fused-ring (bicyclic) bond motifs is 1. The summed E-state index contributed by atoms with van der Waals surface area (Å²) in [6.07, 6.45) is 2.57. The fraction of sp³-hybridized carbons (Fsp3) is 0.647. The third-order valence-corrected chi connectivity index (χ3v) is 3.35. The molecule has 1 heteroatoms. The van der Waals surface area contributed by atoms with Crippen molar-refractivity contribution in [1.29, 1.82) is 0 Å². The lowest BCUT2D eigenvalue weighted by Gasteiger charge is -2.26. The van der Waals surface area contributed by atoms with Crippen LogP contribution < -0.4 is 0 Å². The minimum absolute atomic E-state index is 0.682. The minimum atomic E-state index is 0.682. The molecule has 1 aliphatic rings. The summed E-state index contributed by atoms with van der Waals surface area (Å²) in [5.74, 6) is 0. The highest BCUT2D eigenvalue weighted by atomic mass is 15.1. The molecule has 1 atom stereocenters. The van der Waals surface area contributed by atoms with Crippen molar-refractivity contribution in [2.75, 3.05) is 13.1 Å². The first-order chi connectivity index (χ1) is 8.86. The van der Waals surface area contributed by atoms with Gasteiger partial charge in [-0.2, -0.15) is 0 Å². The molecule has 2 rings (SSSR count). The van der Waals surface area contributed by atoms with E-state index in [0.717, 1.165) is 13.1 Å². The average molecular weight is 249 g/mol. The molecule has 0 saturated carbocycles. The van der Waals surface area contributed by atoms with E-state index in [1.165, 1.54) is 12.8 Å². The van der Waals surface area contributed by atoms with Crippen LogP contribution in [0.1, 0.15) is 65.1 Å². The van der Waals surface area contributed by atoms with E-state index in [0.29, 0.717) is 6.04 Å². The standard InChI is InChI=1S/C13H19N.2C2H6/c1-3-14(4-2)13-10-9-11-7-5-6-8-12(11)13;2*1-2/h5-8,13H,3-4,9-10H2,1-2H3;2*1-2H3. The van der Waals surface area contributed by atoms with Crippen LogP contribution in [-0.4, -0.2) is 18.0 Å². The molecular weight excluding hydrogens is 218 g/mol. The molecule has 18 heavy (non-hydrogen) atoms. The van der Waals surface area contributed by atoms with E-state index in [1.807, 2.05) is 27.7 Å². The summed E-state index contributed by atoms with van der Waals surface area (Å²) >= 11 is 0. The summed E-state index contributed by atoms with van der Waals surface area (Å²) in [6.45, 7) is 14.8. The van der Waals surface area contributed by atoms with E-state index in [9.17, 15) is 0 Å². The zero-order valence-electron chi connectivity index (χ0n) is 13.2. The number of rotatable bonds is 3. The Morgan fingerprint density at radius 1 is 1.00 bits per heavy atom. The summed E-state index contributed by atoms with van der Waals surface area (Å²) in [6, 6.07) is 9.58. The number of benzene rings is 1. The van der Waals surface area contributed by atoms with Crippen LogP contribution in [-0.2, 0) is 6.42 Å². The Balaban J connectivity index is 0.000000659. The first kappa shape index (κ1) is 17.2. The van der Waals surface area contributed by atoms with Gasteiger partial charge < -0.3 is 0 Å². The SMILES string of the molecule is CC.CC.CCN(CC)C1CCc2ccccc21. The van der Waals surface area contributed by atoms with Gasteiger partial charge in [0, 0.05) is 6.04 Å². The van der Waals surface area contributed by atoms with Gasteiger partial charge in [0.15, 0.2) is 0 Å². The van der Waals surface area contributed by atoms with Gasteiger partial charge in [-0.15, -0.1) is 0 Å². The lowest BCUT2D eigenvalue weighted by molar-refractivity contribution is 0.218. The fourth-order valence-electron chi connectivity index (χ4n) is 2.58. The largest absolute Gasteiger partial charge is 0.297 e. The topological polar surface area (TPSA) is 3.24 Å². The summed E-state index contributed by atoms with van der Waals surface area (Å²) < 4.78 is 0. The van der Waals surface area contributed by atoms with Gasteiger partial charge >= 0.3 is 0 Å². The Kier molecular flexibility index (Phi) is 9.67. The van der Waals surface area contributed by atoms with Gasteiger partial charge in [-0.05, 0) is 37.1 Å². The van der Waals surface area contributed by atoms with Gasteiger partial charge in [-0.1, -0.05) is 65.8 Å². The van der Waals surface area contributed by atoms with E-state index in [2.05, 4.69) is 43.0 Å². The second kappa shape index (κ2) is 10.1. The Hall–Kier alpha value is -0.820.